The first-order chi connectivity index (χ1) is 20.6. The van der Waals surface area contributed by atoms with E-state index in [4.69, 9.17) is 4.74 Å². The van der Waals surface area contributed by atoms with E-state index in [0.29, 0.717) is 12.2 Å². The number of rotatable bonds is 12. The molecule has 0 heterocycles. The molecular formula is C34H43N3O5S. The lowest BCUT2D eigenvalue weighted by Gasteiger charge is -2.34. The van der Waals surface area contributed by atoms with E-state index in [9.17, 15) is 18.0 Å². The SMILES string of the molecule is CC[C@@H](C(=O)NC1CCCCC1)N(Cc1ccc(C)cc1)C(=O)CN(c1ccccc1OC)S(=O)(=O)c1ccc(C)cc1. The quantitative estimate of drug-likeness (QED) is 0.283. The molecule has 0 unspecified atom stereocenters. The third-order valence-corrected chi connectivity index (χ3v) is 9.83. The number of hydrogen-bond donors (Lipinski definition) is 1. The minimum Gasteiger partial charge on any atom is -0.495 e. The summed E-state index contributed by atoms with van der Waals surface area (Å²) < 4.78 is 34.9. The highest BCUT2D eigenvalue weighted by atomic mass is 32.2. The first-order valence-corrected chi connectivity index (χ1v) is 16.5. The zero-order chi connectivity index (χ0) is 31.0. The van der Waals surface area contributed by atoms with Crippen LogP contribution in [0.15, 0.2) is 77.7 Å². The number of amides is 2. The summed E-state index contributed by atoms with van der Waals surface area (Å²) in [4.78, 5) is 29.6. The molecule has 1 aliphatic carbocycles. The first-order valence-electron chi connectivity index (χ1n) is 15.0. The summed E-state index contributed by atoms with van der Waals surface area (Å²) in [5.74, 6) is -0.369. The Morgan fingerprint density at radius 3 is 2.12 bits per heavy atom. The fourth-order valence-electron chi connectivity index (χ4n) is 5.54. The molecule has 0 bridgehead atoms. The molecule has 0 radical (unpaired) electrons. The van der Waals surface area contributed by atoms with Crippen LogP contribution in [0.2, 0.25) is 0 Å². The lowest BCUT2D eigenvalue weighted by molar-refractivity contribution is -0.140. The average molecular weight is 606 g/mol. The molecule has 0 aliphatic heterocycles. The molecule has 1 N–H and O–H groups in total. The third kappa shape index (κ3) is 7.96. The molecule has 1 atom stereocenters. The van der Waals surface area contributed by atoms with Crippen LogP contribution in [0, 0.1) is 13.8 Å². The largest absolute Gasteiger partial charge is 0.495 e. The van der Waals surface area contributed by atoms with Gasteiger partial charge in [-0.3, -0.25) is 13.9 Å². The predicted octanol–water partition coefficient (Wildman–Crippen LogP) is 5.76. The predicted molar refractivity (Wildman–Crippen MR) is 170 cm³/mol. The van der Waals surface area contributed by atoms with E-state index in [0.717, 1.165) is 53.1 Å². The summed E-state index contributed by atoms with van der Waals surface area (Å²) in [5.41, 5.74) is 3.09. The summed E-state index contributed by atoms with van der Waals surface area (Å²) in [7, 11) is -2.72. The molecule has 230 valence electrons. The highest BCUT2D eigenvalue weighted by Crippen LogP contribution is 2.33. The molecule has 3 aromatic carbocycles. The lowest BCUT2D eigenvalue weighted by atomic mass is 9.95. The van der Waals surface area contributed by atoms with E-state index in [1.807, 2.05) is 45.0 Å². The molecule has 1 aliphatic rings. The van der Waals surface area contributed by atoms with Gasteiger partial charge in [-0.1, -0.05) is 85.8 Å². The Labute approximate surface area is 256 Å². The van der Waals surface area contributed by atoms with Crippen LogP contribution in [0.3, 0.4) is 0 Å². The molecular weight excluding hydrogens is 562 g/mol. The molecule has 0 aromatic heterocycles. The Morgan fingerprint density at radius 1 is 0.907 bits per heavy atom. The summed E-state index contributed by atoms with van der Waals surface area (Å²) in [6.45, 7) is 5.40. The number of sulfonamides is 1. The van der Waals surface area contributed by atoms with Gasteiger partial charge in [0.1, 0.15) is 18.3 Å². The zero-order valence-electron chi connectivity index (χ0n) is 25.6. The maximum Gasteiger partial charge on any atom is 0.264 e. The number of carbonyl (C=O) groups excluding carboxylic acids is 2. The van der Waals surface area contributed by atoms with E-state index in [2.05, 4.69) is 5.32 Å². The highest BCUT2D eigenvalue weighted by Gasteiger charge is 2.35. The van der Waals surface area contributed by atoms with E-state index in [-0.39, 0.29) is 29.1 Å². The Balaban J connectivity index is 1.73. The summed E-state index contributed by atoms with van der Waals surface area (Å²) in [5, 5.41) is 3.18. The fraction of sp³-hybridized carbons (Fsp3) is 0.412. The maximum atomic E-state index is 14.3. The lowest BCUT2D eigenvalue weighted by Crippen LogP contribution is -2.54. The van der Waals surface area contributed by atoms with Gasteiger partial charge < -0.3 is 15.0 Å². The topological polar surface area (TPSA) is 96.0 Å². The summed E-state index contributed by atoms with van der Waals surface area (Å²) >= 11 is 0. The second-order valence-electron chi connectivity index (χ2n) is 11.3. The monoisotopic (exact) mass is 605 g/mol. The first kappa shape index (κ1) is 32.1. The number of anilines is 1. The van der Waals surface area contributed by atoms with E-state index in [1.165, 1.54) is 24.1 Å². The number of benzene rings is 3. The highest BCUT2D eigenvalue weighted by molar-refractivity contribution is 7.92. The Hall–Kier alpha value is -3.85. The van der Waals surface area contributed by atoms with E-state index >= 15 is 0 Å². The standard InChI is InChI=1S/C34H43N3O5S/c1-5-30(34(39)35-28-11-7-6-8-12-28)36(23-27-19-15-25(2)16-20-27)33(38)24-37(31-13-9-10-14-32(31)42-4)43(40,41)29-21-17-26(3)18-22-29/h9-10,13-22,28,30H,5-8,11-12,23-24H2,1-4H3,(H,35,39)/t30-/m0/s1. The van der Waals surface area contributed by atoms with Crippen molar-refractivity contribution in [2.24, 2.45) is 0 Å². The van der Waals surface area contributed by atoms with Gasteiger partial charge in [-0.2, -0.15) is 0 Å². The Kier molecular flexibility index (Phi) is 10.9. The number of para-hydroxylation sites is 2. The van der Waals surface area contributed by atoms with Crippen LogP contribution in [0.4, 0.5) is 5.69 Å². The van der Waals surface area contributed by atoms with Crippen molar-refractivity contribution < 1.29 is 22.7 Å². The van der Waals surface area contributed by atoms with Crippen LogP contribution >= 0.6 is 0 Å². The minimum atomic E-state index is -4.18. The smallest absolute Gasteiger partial charge is 0.264 e. The number of nitrogens with zero attached hydrogens (tertiary/aromatic N) is 2. The number of nitrogens with one attached hydrogen (secondary N) is 1. The molecule has 1 fully saturated rings. The molecule has 0 saturated heterocycles. The van der Waals surface area contributed by atoms with Crippen molar-refractivity contribution in [2.75, 3.05) is 18.0 Å². The Morgan fingerprint density at radius 2 is 1.51 bits per heavy atom. The molecule has 2 amide bonds. The van der Waals surface area contributed by atoms with Crippen LogP contribution < -0.4 is 14.4 Å². The second-order valence-corrected chi connectivity index (χ2v) is 13.1. The molecule has 3 aromatic rings. The number of hydrogen-bond acceptors (Lipinski definition) is 5. The number of aryl methyl sites for hydroxylation is 2. The number of methoxy groups -OCH3 is 1. The van der Waals surface area contributed by atoms with Crippen molar-refractivity contribution in [3.8, 4) is 5.75 Å². The molecule has 1 saturated carbocycles. The zero-order valence-corrected chi connectivity index (χ0v) is 26.4. The van der Waals surface area contributed by atoms with E-state index < -0.39 is 28.5 Å². The van der Waals surface area contributed by atoms with Gasteiger partial charge in [-0.25, -0.2) is 8.42 Å². The normalized spacial score (nSPS) is 14.5. The molecule has 43 heavy (non-hydrogen) atoms. The average Bonchev–Trinajstić information content (AvgIpc) is 3.01. The van der Waals surface area contributed by atoms with Crippen molar-refractivity contribution in [1.82, 2.24) is 10.2 Å². The van der Waals surface area contributed by atoms with Gasteiger partial charge in [0.05, 0.1) is 17.7 Å². The van der Waals surface area contributed by atoms with Crippen LogP contribution in [0.5, 0.6) is 5.75 Å². The second kappa shape index (κ2) is 14.6. The van der Waals surface area contributed by atoms with E-state index in [1.54, 1.807) is 36.4 Å². The van der Waals surface area contributed by atoms with Crippen molar-refractivity contribution in [3.63, 3.8) is 0 Å². The van der Waals surface area contributed by atoms with Crippen LogP contribution in [0.25, 0.3) is 0 Å². The summed E-state index contributed by atoms with van der Waals surface area (Å²) in [6.07, 6.45) is 5.53. The van der Waals surface area contributed by atoms with Crippen molar-refractivity contribution >= 4 is 27.5 Å². The van der Waals surface area contributed by atoms with Crippen molar-refractivity contribution in [2.45, 2.75) is 82.8 Å². The van der Waals surface area contributed by atoms with Gasteiger partial charge in [0.2, 0.25) is 11.8 Å². The van der Waals surface area contributed by atoms with Gasteiger partial charge in [-0.05, 0) is 62.9 Å². The molecule has 4 rings (SSSR count). The maximum absolute atomic E-state index is 14.3. The van der Waals surface area contributed by atoms with Gasteiger partial charge in [0.25, 0.3) is 10.0 Å². The van der Waals surface area contributed by atoms with Gasteiger partial charge >= 0.3 is 0 Å². The van der Waals surface area contributed by atoms with Crippen LogP contribution in [-0.4, -0.2) is 50.9 Å². The van der Waals surface area contributed by atoms with Gasteiger partial charge in [0.15, 0.2) is 0 Å². The van der Waals surface area contributed by atoms with Crippen molar-refractivity contribution in [1.29, 1.82) is 0 Å². The van der Waals surface area contributed by atoms with Crippen LogP contribution in [-0.2, 0) is 26.2 Å². The minimum absolute atomic E-state index is 0.0592. The molecule has 0 spiro atoms. The van der Waals surface area contributed by atoms with Crippen LogP contribution in [0.1, 0.15) is 62.1 Å². The fourth-order valence-corrected chi connectivity index (χ4v) is 6.97. The number of carbonyl (C=O) groups is 2. The number of ether oxygens (including phenoxy) is 1. The van der Waals surface area contributed by atoms with Crippen molar-refractivity contribution in [3.05, 3.63) is 89.5 Å². The molecule has 9 heteroatoms. The van der Waals surface area contributed by atoms with Gasteiger partial charge in [0, 0.05) is 12.6 Å². The molecule has 8 nitrogen and oxygen atoms in total. The summed E-state index contributed by atoms with van der Waals surface area (Å²) in [6, 6.07) is 20.4. The van der Waals surface area contributed by atoms with Gasteiger partial charge in [-0.15, -0.1) is 0 Å². The third-order valence-electron chi connectivity index (χ3n) is 8.05. The Bertz CT molecular complexity index is 1480.